The van der Waals surface area contributed by atoms with Crippen molar-refractivity contribution in [2.75, 3.05) is 31.3 Å². The number of amides is 1. The molecule has 0 saturated heterocycles. The molecule has 7 nitrogen and oxygen atoms in total. The predicted molar refractivity (Wildman–Crippen MR) is 115 cm³/mol. The van der Waals surface area contributed by atoms with Gasteiger partial charge >= 0.3 is 6.18 Å². The molecule has 2 aromatic rings. The number of methoxy groups -OCH3 is 2. The summed E-state index contributed by atoms with van der Waals surface area (Å²) in [5.41, 5.74) is -0.991. The Balaban J connectivity index is 2.33. The zero-order valence-electron chi connectivity index (χ0n) is 17.7. The average molecular weight is 495 g/mol. The van der Waals surface area contributed by atoms with E-state index in [1.165, 1.54) is 14.2 Å². The summed E-state index contributed by atoms with van der Waals surface area (Å²) in [5.74, 6) is 0.205. The van der Waals surface area contributed by atoms with E-state index in [1.54, 1.807) is 25.1 Å². The Kier molecular flexibility index (Phi) is 7.89. The number of anilines is 1. The summed E-state index contributed by atoms with van der Waals surface area (Å²) >= 11 is 5.97. The molecule has 0 aliphatic carbocycles. The third-order valence-electron chi connectivity index (χ3n) is 4.51. The SMILES string of the molecule is COc1ccc(OC)c([C@H](C)NC(=O)CN(c2cc(C(F)(F)F)ccc2Cl)S(C)(=O)=O)c1. The number of carbonyl (C=O) groups is 1. The number of hydrogen-bond donors (Lipinski definition) is 1. The topological polar surface area (TPSA) is 84.9 Å². The summed E-state index contributed by atoms with van der Waals surface area (Å²) in [5, 5.41) is 2.36. The van der Waals surface area contributed by atoms with Gasteiger partial charge in [0.05, 0.1) is 42.8 Å². The molecular formula is C20H22ClF3N2O5S. The lowest BCUT2D eigenvalue weighted by Gasteiger charge is -2.25. The number of nitrogens with one attached hydrogen (secondary N) is 1. The molecule has 0 spiro atoms. The van der Waals surface area contributed by atoms with E-state index in [0.29, 0.717) is 27.4 Å². The molecule has 0 aliphatic heterocycles. The molecule has 0 radical (unpaired) electrons. The Hall–Kier alpha value is -2.66. The van der Waals surface area contributed by atoms with Crippen molar-refractivity contribution >= 4 is 33.2 Å². The van der Waals surface area contributed by atoms with Gasteiger partial charge in [-0.2, -0.15) is 13.2 Å². The molecule has 12 heteroatoms. The summed E-state index contributed by atoms with van der Waals surface area (Å²) in [6.45, 7) is 0.855. The zero-order chi connectivity index (χ0) is 24.3. The largest absolute Gasteiger partial charge is 0.497 e. The minimum atomic E-state index is -4.72. The first kappa shape index (κ1) is 25.6. The number of sulfonamides is 1. The molecule has 0 bridgehead atoms. The summed E-state index contributed by atoms with van der Waals surface area (Å²) in [6, 6.07) is 6.56. The Morgan fingerprint density at radius 3 is 2.34 bits per heavy atom. The monoisotopic (exact) mass is 494 g/mol. The summed E-state index contributed by atoms with van der Waals surface area (Å²) in [4.78, 5) is 12.6. The number of carbonyl (C=O) groups excluding carboxylic acids is 1. The Morgan fingerprint density at radius 1 is 1.16 bits per heavy atom. The Labute approximate surface area is 189 Å². The Morgan fingerprint density at radius 2 is 1.81 bits per heavy atom. The van der Waals surface area contributed by atoms with Crippen LogP contribution in [0.3, 0.4) is 0 Å². The van der Waals surface area contributed by atoms with Gasteiger partial charge < -0.3 is 14.8 Å². The maximum absolute atomic E-state index is 13.1. The molecule has 0 saturated carbocycles. The summed E-state index contributed by atoms with van der Waals surface area (Å²) < 4.78 is 74.9. The molecule has 0 fully saturated rings. The number of ether oxygens (including phenoxy) is 2. The van der Waals surface area contributed by atoms with Gasteiger partial charge in [-0.3, -0.25) is 9.10 Å². The van der Waals surface area contributed by atoms with Crippen LogP contribution in [0.2, 0.25) is 5.02 Å². The van der Waals surface area contributed by atoms with Crippen LogP contribution in [-0.4, -0.2) is 41.3 Å². The van der Waals surface area contributed by atoms with E-state index in [9.17, 15) is 26.4 Å². The van der Waals surface area contributed by atoms with Gasteiger partial charge in [0.15, 0.2) is 0 Å². The highest BCUT2D eigenvalue weighted by atomic mass is 35.5. The smallest absolute Gasteiger partial charge is 0.416 e. The number of nitrogens with zero attached hydrogens (tertiary/aromatic N) is 1. The van der Waals surface area contributed by atoms with Gasteiger partial charge in [-0.15, -0.1) is 0 Å². The van der Waals surface area contributed by atoms with Crippen molar-refractivity contribution in [3.63, 3.8) is 0 Å². The van der Waals surface area contributed by atoms with E-state index in [4.69, 9.17) is 21.1 Å². The highest BCUT2D eigenvalue weighted by Gasteiger charge is 2.33. The van der Waals surface area contributed by atoms with Gasteiger partial charge in [-0.25, -0.2) is 8.42 Å². The highest BCUT2D eigenvalue weighted by molar-refractivity contribution is 7.92. The highest BCUT2D eigenvalue weighted by Crippen LogP contribution is 2.36. The molecule has 0 aliphatic rings. The van der Waals surface area contributed by atoms with Gasteiger partial charge in [0.2, 0.25) is 15.9 Å². The minimum absolute atomic E-state index is 0.251. The van der Waals surface area contributed by atoms with Crippen LogP contribution in [0.5, 0.6) is 11.5 Å². The predicted octanol–water partition coefficient (Wildman–Crippen LogP) is 4.02. The van der Waals surface area contributed by atoms with Crippen LogP contribution in [0, 0.1) is 0 Å². The van der Waals surface area contributed by atoms with Crippen LogP contribution in [0.4, 0.5) is 18.9 Å². The van der Waals surface area contributed by atoms with E-state index < -0.39 is 45.9 Å². The first-order valence-corrected chi connectivity index (χ1v) is 11.4. The van der Waals surface area contributed by atoms with E-state index >= 15 is 0 Å². The van der Waals surface area contributed by atoms with Crippen LogP contribution in [0.1, 0.15) is 24.1 Å². The van der Waals surface area contributed by atoms with E-state index in [-0.39, 0.29) is 5.02 Å². The molecule has 2 aromatic carbocycles. The van der Waals surface area contributed by atoms with Gasteiger partial charge in [0.25, 0.3) is 0 Å². The van der Waals surface area contributed by atoms with Crippen molar-refractivity contribution in [1.29, 1.82) is 0 Å². The lowest BCUT2D eigenvalue weighted by molar-refractivity contribution is -0.137. The molecule has 176 valence electrons. The van der Waals surface area contributed by atoms with Crippen LogP contribution in [0.25, 0.3) is 0 Å². The summed E-state index contributed by atoms with van der Waals surface area (Å²) in [6.07, 6.45) is -3.95. The number of halogens is 4. The first-order chi connectivity index (χ1) is 14.8. The fraction of sp³-hybridized carbons (Fsp3) is 0.350. The fourth-order valence-corrected chi connectivity index (χ4v) is 4.06. The number of rotatable bonds is 8. The molecule has 1 amide bonds. The third kappa shape index (κ3) is 6.19. The second-order valence-corrected chi connectivity index (χ2v) is 9.14. The van der Waals surface area contributed by atoms with Crippen LogP contribution in [-0.2, 0) is 21.0 Å². The summed E-state index contributed by atoms with van der Waals surface area (Å²) in [7, 11) is -1.23. The number of alkyl halides is 3. The fourth-order valence-electron chi connectivity index (χ4n) is 2.93. The molecule has 1 atom stereocenters. The van der Waals surface area contributed by atoms with Gasteiger partial charge in [0.1, 0.15) is 18.0 Å². The second kappa shape index (κ2) is 9.86. The Bertz CT molecular complexity index is 1090. The maximum Gasteiger partial charge on any atom is 0.416 e. The van der Waals surface area contributed by atoms with Gasteiger partial charge in [0, 0.05) is 5.56 Å². The van der Waals surface area contributed by atoms with Crippen molar-refractivity contribution < 1.29 is 35.9 Å². The van der Waals surface area contributed by atoms with Gasteiger partial charge in [-0.05, 0) is 43.3 Å². The van der Waals surface area contributed by atoms with Crippen molar-refractivity contribution in [3.05, 3.63) is 52.5 Å². The van der Waals surface area contributed by atoms with Gasteiger partial charge in [-0.1, -0.05) is 11.6 Å². The van der Waals surface area contributed by atoms with Crippen LogP contribution >= 0.6 is 11.6 Å². The normalized spacial score (nSPS) is 12.8. The van der Waals surface area contributed by atoms with Crippen LogP contribution in [0.15, 0.2) is 36.4 Å². The molecule has 0 aromatic heterocycles. The molecule has 2 rings (SSSR count). The minimum Gasteiger partial charge on any atom is -0.497 e. The van der Waals surface area contributed by atoms with E-state index in [1.807, 2.05) is 0 Å². The molecule has 0 unspecified atom stereocenters. The van der Waals surface area contributed by atoms with Crippen molar-refractivity contribution in [2.24, 2.45) is 0 Å². The molecule has 1 N–H and O–H groups in total. The lowest BCUT2D eigenvalue weighted by atomic mass is 10.1. The molecule has 0 heterocycles. The molecular weight excluding hydrogens is 473 g/mol. The van der Waals surface area contributed by atoms with Crippen molar-refractivity contribution in [1.82, 2.24) is 5.32 Å². The second-order valence-electron chi connectivity index (χ2n) is 6.83. The standard InChI is InChI=1S/C20H22ClF3N2O5S/c1-12(15-10-14(30-2)6-8-18(15)31-3)25-19(27)11-26(32(4,28)29)17-9-13(20(22,23)24)5-7-16(17)21/h5-10,12H,11H2,1-4H3,(H,25,27)/t12-/m0/s1. The van der Waals surface area contributed by atoms with E-state index in [0.717, 1.165) is 18.4 Å². The maximum atomic E-state index is 13.1. The van der Waals surface area contributed by atoms with Crippen molar-refractivity contribution in [3.8, 4) is 11.5 Å². The number of hydrogen-bond acceptors (Lipinski definition) is 5. The number of benzene rings is 2. The average Bonchev–Trinajstić information content (AvgIpc) is 2.70. The zero-order valence-corrected chi connectivity index (χ0v) is 19.2. The van der Waals surface area contributed by atoms with Crippen LogP contribution < -0.4 is 19.1 Å². The first-order valence-electron chi connectivity index (χ1n) is 9.13. The third-order valence-corrected chi connectivity index (χ3v) is 5.96. The lowest BCUT2D eigenvalue weighted by Crippen LogP contribution is -2.41. The quantitative estimate of drug-likeness (QED) is 0.599. The van der Waals surface area contributed by atoms with Crippen molar-refractivity contribution in [2.45, 2.75) is 19.1 Å². The van der Waals surface area contributed by atoms with E-state index in [2.05, 4.69) is 5.32 Å². The molecule has 32 heavy (non-hydrogen) atoms.